The van der Waals surface area contributed by atoms with Crippen LogP contribution >= 0.6 is 0 Å². The van der Waals surface area contributed by atoms with E-state index >= 15 is 0 Å². The fourth-order valence-corrected chi connectivity index (χ4v) is 1.93. The molecule has 0 radical (unpaired) electrons. The van der Waals surface area contributed by atoms with Gasteiger partial charge in [0.2, 0.25) is 5.82 Å². The highest BCUT2D eigenvalue weighted by molar-refractivity contribution is 5.60. The van der Waals surface area contributed by atoms with E-state index in [1.54, 1.807) is 19.2 Å². The summed E-state index contributed by atoms with van der Waals surface area (Å²) in [7, 11) is 0. The number of rotatable bonds is 5. The Morgan fingerprint density at radius 2 is 2.41 bits per heavy atom. The van der Waals surface area contributed by atoms with Crippen LogP contribution in [0.15, 0.2) is 12.3 Å². The molecule has 1 aromatic heterocycles. The van der Waals surface area contributed by atoms with Crippen LogP contribution in [-0.2, 0) is 0 Å². The smallest absolute Gasteiger partial charge is 0.314 e. The molecule has 1 atom stereocenters. The standard InChI is InChI=1S/C11H16N4O2/c1-7-4-5-13-11(10(7)15(16)17)14-9(6-12)8-2-3-8/h4-5,8-9H,2-3,6,12H2,1H3,(H,13,14). The van der Waals surface area contributed by atoms with Gasteiger partial charge >= 0.3 is 5.69 Å². The zero-order chi connectivity index (χ0) is 12.4. The van der Waals surface area contributed by atoms with Crippen LogP contribution in [0.5, 0.6) is 0 Å². The Labute approximate surface area is 99.4 Å². The molecule has 6 heteroatoms. The lowest BCUT2D eigenvalue weighted by molar-refractivity contribution is -0.384. The van der Waals surface area contributed by atoms with Gasteiger partial charge in [-0.05, 0) is 31.7 Å². The molecule has 1 aromatic rings. The fourth-order valence-electron chi connectivity index (χ4n) is 1.93. The van der Waals surface area contributed by atoms with Crippen LogP contribution in [0.4, 0.5) is 11.5 Å². The Balaban J connectivity index is 2.24. The molecule has 0 amide bonds. The number of anilines is 1. The minimum atomic E-state index is -0.398. The molecular formula is C11H16N4O2. The van der Waals surface area contributed by atoms with E-state index in [0.717, 1.165) is 12.8 Å². The van der Waals surface area contributed by atoms with Gasteiger partial charge < -0.3 is 11.1 Å². The molecule has 1 saturated carbocycles. The molecule has 1 unspecified atom stereocenters. The maximum absolute atomic E-state index is 11.0. The third-order valence-corrected chi connectivity index (χ3v) is 3.08. The van der Waals surface area contributed by atoms with Crippen LogP contribution in [0, 0.1) is 23.0 Å². The van der Waals surface area contributed by atoms with Crippen LogP contribution in [0.3, 0.4) is 0 Å². The van der Waals surface area contributed by atoms with Crippen molar-refractivity contribution in [3.05, 3.63) is 27.9 Å². The highest BCUT2D eigenvalue weighted by Gasteiger charge is 2.32. The van der Waals surface area contributed by atoms with E-state index in [1.807, 2.05) is 0 Å². The number of aryl methyl sites for hydroxylation is 1. The molecule has 6 nitrogen and oxygen atoms in total. The van der Waals surface area contributed by atoms with Gasteiger partial charge in [-0.2, -0.15) is 0 Å². The second-order valence-electron chi connectivity index (χ2n) is 4.41. The molecule has 0 aliphatic heterocycles. The maximum Gasteiger partial charge on any atom is 0.314 e. The van der Waals surface area contributed by atoms with E-state index in [1.165, 1.54) is 0 Å². The fraction of sp³-hybridized carbons (Fsp3) is 0.545. The maximum atomic E-state index is 11.0. The molecule has 17 heavy (non-hydrogen) atoms. The number of nitrogens with one attached hydrogen (secondary N) is 1. The van der Waals surface area contributed by atoms with E-state index < -0.39 is 4.92 Å². The summed E-state index contributed by atoms with van der Waals surface area (Å²) in [5.41, 5.74) is 6.32. The van der Waals surface area contributed by atoms with Crippen molar-refractivity contribution in [2.75, 3.05) is 11.9 Å². The predicted octanol–water partition coefficient (Wildman–Crippen LogP) is 1.45. The molecule has 1 aliphatic carbocycles. The first-order valence-corrected chi connectivity index (χ1v) is 5.70. The SMILES string of the molecule is Cc1ccnc(NC(CN)C2CC2)c1[N+](=O)[O-]. The first-order chi connectivity index (χ1) is 8.13. The monoisotopic (exact) mass is 236 g/mol. The van der Waals surface area contributed by atoms with Gasteiger partial charge in [0, 0.05) is 24.3 Å². The van der Waals surface area contributed by atoms with Gasteiger partial charge in [0.05, 0.1) is 4.92 Å². The summed E-state index contributed by atoms with van der Waals surface area (Å²) in [6.07, 6.45) is 3.84. The Bertz CT molecular complexity index is 431. The molecule has 1 fully saturated rings. The van der Waals surface area contributed by atoms with E-state index in [2.05, 4.69) is 10.3 Å². The number of hydrogen-bond donors (Lipinski definition) is 2. The molecule has 0 aromatic carbocycles. The number of aromatic nitrogens is 1. The third-order valence-electron chi connectivity index (χ3n) is 3.08. The molecule has 1 heterocycles. The Kier molecular flexibility index (Phi) is 3.23. The van der Waals surface area contributed by atoms with Gasteiger partial charge in [-0.1, -0.05) is 0 Å². The lowest BCUT2D eigenvalue weighted by Crippen LogP contribution is -2.31. The van der Waals surface area contributed by atoms with E-state index in [9.17, 15) is 10.1 Å². The quantitative estimate of drug-likeness (QED) is 0.596. The summed E-state index contributed by atoms with van der Waals surface area (Å²) < 4.78 is 0. The van der Waals surface area contributed by atoms with Crippen LogP contribution in [-0.4, -0.2) is 22.5 Å². The first kappa shape index (κ1) is 11.8. The van der Waals surface area contributed by atoms with Crippen molar-refractivity contribution in [1.82, 2.24) is 4.98 Å². The number of nitro groups is 1. The number of pyridine rings is 1. The third kappa shape index (κ3) is 2.52. The summed E-state index contributed by atoms with van der Waals surface area (Å²) in [5.74, 6) is 0.860. The van der Waals surface area contributed by atoms with Gasteiger partial charge in [-0.3, -0.25) is 10.1 Å². The van der Waals surface area contributed by atoms with Crippen molar-refractivity contribution >= 4 is 11.5 Å². The van der Waals surface area contributed by atoms with Crippen molar-refractivity contribution in [1.29, 1.82) is 0 Å². The topological polar surface area (TPSA) is 94.1 Å². The van der Waals surface area contributed by atoms with Gasteiger partial charge in [0.15, 0.2) is 0 Å². The van der Waals surface area contributed by atoms with Crippen LogP contribution in [0.25, 0.3) is 0 Å². The van der Waals surface area contributed by atoms with Gasteiger partial charge in [0.25, 0.3) is 0 Å². The van der Waals surface area contributed by atoms with Crippen LogP contribution in [0.1, 0.15) is 18.4 Å². The summed E-state index contributed by atoms with van der Waals surface area (Å²) in [4.78, 5) is 14.6. The normalized spacial score (nSPS) is 16.6. The molecule has 2 rings (SSSR count). The summed E-state index contributed by atoms with van der Waals surface area (Å²) in [6, 6.07) is 1.72. The Morgan fingerprint density at radius 1 is 1.71 bits per heavy atom. The number of nitrogens with zero attached hydrogens (tertiary/aromatic N) is 2. The van der Waals surface area contributed by atoms with Crippen molar-refractivity contribution in [2.45, 2.75) is 25.8 Å². The summed E-state index contributed by atoms with van der Waals surface area (Å²) in [5, 5.41) is 14.1. The highest BCUT2D eigenvalue weighted by Crippen LogP contribution is 2.35. The molecule has 0 saturated heterocycles. The Hall–Kier alpha value is -1.69. The average Bonchev–Trinajstić information content (AvgIpc) is 3.09. The molecule has 92 valence electrons. The van der Waals surface area contributed by atoms with Crippen molar-refractivity contribution in [3.8, 4) is 0 Å². The zero-order valence-electron chi connectivity index (χ0n) is 9.72. The summed E-state index contributed by atoms with van der Waals surface area (Å²) in [6.45, 7) is 2.18. The molecule has 1 aliphatic rings. The van der Waals surface area contributed by atoms with E-state index in [4.69, 9.17) is 5.73 Å². The van der Waals surface area contributed by atoms with E-state index in [-0.39, 0.29) is 11.7 Å². The Morgan fingerprint density at radius 3 is 2.94 bits per heavy atom. The lowest BCUT2D eigenvalue weighted by Gasteiger charge is -2.16. The van der Waals surface area contributed by atoms with Gasteiger partial charge in [0.1, 0.15) is 0 Å². The molecule has 0 spiro atoms. The number of hydrogen-bond acceptors (Lipinski definition) is 5. The average molecular weight is 236 g/mol. The minimum absolute atomic E-state index is 0.0478. The second-order valence-corrected chi connectivity index (χ2v) is 4.41. The van der Waals surface area contributed by atoms with Crippen LogP contribution < -0.4 is 11.1 Å². The van der Waals surface area contributed by atoms with Crippen molar-refractivity contribution in [2.24, 2.45) is 11.7 Å². The minimum Gasteiger partial charge on any atom is -0.360 e. The first-order valence-electron chi connectivity index (χ1n) is 5.70. The summed E-state index contributed by atoms with van der Waals surface area (Å²) >= 11 is 0. The zero-order valence-corrected chi connectivity index (χ0v) is 9.72. The van der Waals surface area contributed by atoms with Gasteiger partial charge in [-0.25, -0.2) is 4.98 Å². The molecular weight excluding hydrogens is 220 g/mol. The van der Waals surface area contributed by atoms with E-state index in [0.29, 0.717) is 23.8 Å². The van der Waals surface area contributed by atoms with Crippen molar-refractivity contribution < 1.29 is 4.92 Å². The molecule has 0 bridgehead atoms. The number of nitrogens with two attached hydrogens (primary N) is 1. The second kappa shape index (κ2) is 4.67. The highest BCUT2D eigenvalue weighted by atomic mass is 16.6. The lowest BCUT2D eigenvalue weighted by atomic mass is 10.1. The van der Waals surface area contributed by atoms with Gasteiger partial charge in [-0.15, -0.1) is 0 Å². The predicted molar refractivity (Wildman–Crippen MR) is 64.8 cm³/mol. The van der Waals surface area contributed by atoms with Crippen LogP contribution in [0.2, 0.25) is 0 Å². The van der Waals surface area contributed by atoms with Crippen molar-refractivity contribution in [3.63, 3.8) is 0 Å². The molecule has 3 N–H and O–H groups in total. The largest absolute Gasteiger partial charge is 0.360 e.